The molecular formula is C30H36ClN3O4S. The summed E-state index contributed by atoms with van der Waals surface area (Å²) in [7, 11) is -4.14. The molecule has 0 bridgehead atoms. The van der Waals surface area contributed by atoms with E-state index < -0.39 is 28.5 Å². The van der Waals surface area contributed by atoms with Crippen LogP contribution in [0.2, 0.25) is 5.02 Å². The van der Waals surface area contributed by atoms with E-state index in [1.807, 2.05) is 52.0 Å². The lowest BCUT2D eigenvalue weighted by molar-refractivity contribution is -0.139. The second kappa shape index (κ2) is 13.1. The van der Waals surface area contributed by atoms with Crippen LogP contribution in [-0.4, -0.2) is 43.8 Å². The van der Waals surface area contributed by atoms with Gasteiger partial charge in [-0.15, -0.1) is 0 Å². The van der Waals surface area contributed by atoms with Crippen molar-refractivity contribution < 1.29 is 18.0 Å². The third-order valence-corrected chi connectivity index (χ3v) is 8.61. The highest BCUT2D eigenvalue weighted by Crippen LogP contribution is 2.27. The maximum atomic E-state index is 13.9. The minimum absolute atomic E-state index is 0.0497. The van der Waals surface area contributed by atoms with E-state index in [0.717, 1.165) is 27.4 Å². The highest BCUT2D eigenvalue weighted by atomic mass is 35.5. The first-order valence-corrected chi connectivity index (χ1v) is 14.7. The molecule has 39 heavy (non-hydrogen) atoms. The van der Waals surface area contributed by atoms with Gasteiger partial charge in [0.25, 0.3) is 10.0 Å². The van der Waals surface area contributed by atoms with E-state index in [1.54, 1.807) is 37.3 Å². The quantitative estimate of drug-likeness (QED) is 0.331. The van der Waals surface area contributed by atoms with Gasteiger partial charge in [-0.2, -0.15) is 0 Å². The second-order valence-electron chi connectivity index (χ2n) is 9.81. The van der Waals surface area contributed by atoms with Crippen LogP contribution in [0, 0.1) is 13.8 Å². The first-order valence-electron chi connectivity index (χ1n) is 12.9. The maximum Gasteiger partial charge on any atom is 0.264 e. The average molecular weight is 570 g/mol. The molecule has 2 atom stereocenters. The molecule has 2 unspecified atom stereocenters. The number of hydrogen-bond acceptors (Lipinski definition) is 4. The third-order valence-electron chi connectivity index (χ3n) is 6.59. The number of sulfonamides is 1. The molecule has 3 aromatic carbocycles. The zero-order chi connectivity index (χ0) is 28.7. The number of carbonyl (C=O) groups excluding carboxylic acids is 2. The normalized spacial score (nSPS) is 12.9. The van der Waals surface area contributed by atoms with Crippen LogP contribution in [0.15, 0.2) is 77.7 Å². The van der Waals surface area contributed by atoms with Crippen LogP contribution < -0.4 is 9.62 Å². The Morgan fingerprint density at radius 2 is 1.59 bits per heavy atom. The number of anilines is 1. The first kappa shape index (κ1) is 30.2. The summed E-state index contributed by atoms with van der Waals surface area (Å²) in [5.74, 6) is -0.819. The van der Waals surface area contributed by atoms with Gasteiger partial charge in [-0.3, -0.25) is 13.9 Å². The van der Waals surface area contributed by atoms with Gasteiger partial charge in [0.15, 0.2) is 0 Å². The van der Waals surface area contributed by atoms with Crippen LogP contribution >= 0.6 is 11.6 Å². The van der Waals surface area contributed by atoms with E-state index in [-0.39, 0.29) is 29.1 Å². The average Bonchev–Trinajstić information content (AvgIpc) is 2.89. The SMILES string of the molecule is CCC(C)NC(=O)C(C)N(Cc1cccc(C)c1)C(=O)CN(c1cccc(Cl)c1)S(=O)(=O)c1ccc(C)cc1. The summed E-state index contributed by atoms with van der Waals surface area (Å²) in [6, 6.07) is 19.5. The minimum Gasteiger partial charge on any atom is -0.352 e. The molecule has 0 aromatic heterocycles. The molecule has 0 aliphatic carbocycles. The fourth-order valence-corrected chi connectivity index (χ4v) is 5.64. The zero-order valence-electron chi connectivity index (χ0n) is 23.0. The molecule has 0 saturated heterocycles. The van der Waals surface area contributed by atoms with Crippen molar-refractivity contribution in [1.29, 1.82) is 0 Å². The van der Waals surface area contributed by atoms with Crippen LogP contribution in [0.1, 0.15) is 43.9 Å². The number of hydrogen-bond donors (Lipinski definition) is 1. The van der Waals surface area contributed by atoms with Gasteiger partial charge in [0.2, 0.25) is 11.8 Å². The van der Waals surface area contributed by atoms with Crippen molar-refractivity contribution in [1.82, 2.24) is 10.2 Å². The molecule has 0 saturated carbocycles. The van der Waals surface area contributed by atoms with Gasteiger partial charge in [0, 0.05) is 17.6 Å². The highest BCUT2D eigenvalue weighted by Gasteiger charge is 2.32. The summed E-state index contributed by atoms with van der Waals surface area (Å²) in [6.45, 7) is 8.96. The minimum atomic E-state index is -4.14. The van der Waals surface area contributed by atoms with Crippen LogP contribution in [0.4, 0.5) is 5.69 Å². The van der Waals surface area contributed by atoms with Crippen molar-refractivity contribution in [3.8, 4) is 0 Å². The number of rotatable bonds is 11. The third kappa shape index (κ3) is 7.83. The lowest BCUT2D eigenvalue weighted by Crippen LogP contribution is -2.52. The lowest BCUT2D eigenvalue weighted by atomic mass is 10.1. The summed E-state index contributed by atoms with van der Waals surface area (Å²) in [4.78, 5) is 28.5. The fraction of sp³-hybridized carbons (Fsp3) is 0.333. The number of amides is 2. The monoisotopic (exact) mass is 569 g/mol. The Bertz CT molecular complexity index is 1410. The molecule has 0 aliphatic heterocycles. The number of benzene rings is 3. The highest BCUT2D eigenvalue weighted by molar-refractivity contribution is 7.92. The summed E-state index contributed by atoms with van der Waals surface area (Å²) >= 11 is 6.21. The summed E-state index contributed by atoms with van der Waals surface area (Å²) in [6.07, 6.45) is 0.738. The number of aryl methyl sites for hydroxylation is 2. The fourth-order valence-electron chi connectivity index (χ4n) is 4.05. The molecule has 1 N–H and O–H groups in total. The van der Waals surface area contributed by atoms with Gasteiger partial charge < -0.3 is 10.2 Å². The van der Waals surface area contributed by atoms with Crippen molar-refractivity contribution in [2.24, 2.45) is 0 Å². The predicted molar refractivity (Wildman–Crippen MR) is 156 cm³/mol. The van der Waals surface area contributed by atoms with E-state index in [1.165, 1.54) is 23.1 Å². The number of halogens is 1. The van der Waals surface area contributed by atoms with Crippen LogP contribution in [0.5, 0.6) is 0 Å². The molecule has 0 fully saturated rings. The molecule has 0 radical (unpaired) electrons. The molecule has 7 nitrogen and oxygen atoms in total. The Labute approximate surface area is 236 Å². The topological polar surface area (TPSA) is 86.8 Å². The molecule has 0 heterocycles. The second-order valence-corrected chi connectivity index (χ2v) is 12.1. The van der Waals surface area contributed by atoms with Crippen molar-refractivity contribution in [3.05, 3.63) is 94.5 Å². The van der Waals surface area contributed by atoms with Crippen molar-refractivity contribution in [2.75, 3.05) is 10.8 Å². The Morgan fingerprint density at radius 3 is 2.21 bits per heavy atom. The molecule has 3 rings (SSSR count). The molecule has 0 aliphatic rings. The summed E-state index contributed by atoms with van der Waals surface area (Å²) in [5, 5.41) is 3.27. The lowest BCUT2D eigenvalue weighted by Gasteiger charge is -2.32. The summed E-state index contributed by atoms with van der Waals surface area (Å²) in [5.41, 5.74) is 3.01. The van der Waals surface area contributed by atoms with E-state index in [0.29, 0.717) is 5.02 Å². The smallest absolute Gasteiger partial charge is 0.264 e. The Morgan fingerprint density at radius 1 is 0.923 bits per heavy atom. The Balaban J connectivity index is 2.03. The standard InChI is InChI=1S/C30H36ClN3O4S/c1-6-23(4)32-30(36)24(5)33(19-25-10-7-9-22(3)17-25)29(35)20-34(27-12-8-11-26(31)18-27)39(37,38)28-15-13-21(2)14-16-28/h7-18,23-24H,6,19-20H2,1-5H3,(H,32,36). The Hall–Kier alpha value is -3.36. The van der Waals surface area contributed by atoms with Crippen LogP contribution in [-0.2, 0) is 26.2 Å². The predicted octanol–water partition coefficient (Wildman–Crippen LogP) is 5.48. The molecule has 3 aromatic rings. The van der Waals surface area contributed by atoms with Crippen molar-refractivity contribution in [2.45, 2.75) is 64.6 Å². The van der Waals surface area contributed by atoms with Gasteiger partial charge >= 0.3 is 0 Å². The Kier molecular flexibility index (Phi) is 10.2. The van der Waals surface area contributed by atoms with E-state index in [4.69, 9.17) is 11.6 Å². The number of nitrogens with one attached hydrogen (secondary N) is 1. The molecule has 2 amide bonds. The molecule has 9 heteroatoms. The van der Waals surface area contributed by atoms with Gasteiger partial charge in [0.1, 0.15) is 12.6 Å². The van der Waals surface area contributed by atoms with Gasteiger partial charge in [-0.25, -0.2) is 8.42 Å². The maximum absolute atomic E-state index is 13.9. The van der Waals surface area contributed by atoms with E-state index in [2.05, 4.69) is 5.32 Å². The molecule has 0 spiro atoms. The number of nitrogens with zero attached hydrogens (tertiary/aromatic N) is 2. The number of carbonyl (C=O) groups is 2. The van der Waals surface area contributed by atoms with Crippen molar-refractivity contribution in [3.63, 3.8) is 0 Å². The first-order chi connectivity index (χ1) is 18.4. The molecule has 208 valence electrons. The van der Waals surface area contributed by atoms with E-state index >= 15 is 0 Å². The van der Waals surface area contributed by atoms with E-state index in [9.17, 15) is 18.0 Å². The zero-order valence-corrected chi connectivity index (χ0v) is 24.6. The van der Waals surface area contributed by atoms with Crippen LogP contribution in [0.3, 0.4) is 0 Å². The van der Waals surface area contributed by atoms with Crippen molar-refractivity contribution >= 4 is 39.1 Å². The summed E-state index contributed by atoms with van der Waals surface area (Å²) < 4.78 is 28.7. The van der Waals surface area contributed by atoms with Gasteiger partial charge in [0.05, 0.1) is 10.6 Å². The largest absolute Gasteiger partial charge is 0.352 e. The van der Waals surface area contributed by atoms with Crippen LogP contribution in [0.25, 0.3) is 0 Å². The van der Waals surface area contributed by atoms with Gasteiger partial charge in [-0.05, 0) is 70.0 Å². The van der Waals surface area contributed by atoms with Gasteiger partial charge in [-0.1, -0.05) is 72.1 Å². The molecular weight excluding hydrogens is 534 g/mol.